The highest BCUT2D eigenvalue weighted by atomic mass is 16.5. The third-order valence-corrected chi connectivity index (χ3v) is 2.20. The quantitative estimate of drug-likeness (QED) is 0.675. The molecule has 1 unspecified atom stereocenters. The van der Waals surface area contributed by atoms with Crippen LogP contribution in [-0.2, 0) is 9.47 Å². The minimum Gasteiger partial charge on any atom is -0.384 e. The second-order valence-corrected chi connectivity index (χ2v) is 5.14. The van der Waals surface area contributed by atoms with Gasteiger partial charge in [-0.05, 0) is 13.8 Å². The molecule has 0 amide bonds. The van der Waals surface area contributed by atoms with Crippen LogP contribution in [0.25, 0.3) is 0 Å². The van der Waals surface area contributed by atoms with E-state index in [1.165, 1.54) is 0 Å². The molecule has 92 valence electrons. The molecule has 0 radical (unpaired) electrons. The number of methoxy groups -OCH3 is 1. The van der Waals surface area contributed by atoms with Crippen molar-refractivity contribution in [2.24, 2.45) is 5.41 Å². The van der Waals surface area contributed by atoms with E-state index in [2.05, 4.69) is 39.9 Å². The first-order chi connectivity index (χ1) is 6.89. The van der Waals surface area contributed by atoms with Crippen LogP contribution in [0.15, 0.2) is 0 Å². The Morgan fingerprint density at radius 2 is 1.73 bits per heavy atom. The lowest BCUT2D eigenvalue weighted by Gasteiger charge is -2.30. The smallest absolute Gasteiger partial charge is 0.0557 e. The Balaban J connectivity index is 4.05. The lowest BCUT2D eigenvalue weighted by atomic mass is 9.92. The van der Waals surface area contributed by atoms with Crippen LogP contribution in [0.1, 0.15) is 34.6 Å². The van der Waals surface area contributed by atoms with Gasteiger partial charge in [0.15, 0.2) is 0 Å². The van der Waals surface area contributed by atoms with Crippen molar-refractivity contribution in [3.05, 3.63) is 0 Å². The minimum absolute atomic E-state index is 0.0588. The fourth-order valence-corrected chi connectivity index (χ4v) is 1.31. The zero-order valence-electron chi connectivity index (χ0n) is 11.1. The van der Waals surface area contributed by atoms with Crippen molar-refractivity contribution in [3.63, 3.8) is 0 Å². The highest BCUT2D eigenvalue weighted by Gasteiger charge is 2.25. The van der Waals surface area contributed by atoms with Crippen molar-refractivity contribution in [3.8, 4) is 0 Å². The fourth-order valence-electron chi connectivity index (χ4n) is 1.31. The van der Waals surface area contributed by atoms with Crippen LogP contribution in [0.4, 0.5) is 0 Å². The number of nitrogens with one attached hydrogen (secondary N) is 1. The Labute approximate surface area is 94.5 Å². The van der Waals surface area contributed by atoms with E-state index >= 15 is 0 Å². The van der Waals surface area contributed by atoms with Crippen molar-refractivity contribution in [2.45, 2.75) is 46.8 Å². The van der Waals surface area contributed by atoms with E-state index in [1.54, 1.807) is 7.11 Å². The summed E-state index contributed by atoms with van der Waals surface area (Å²) >= 11 is 0. The Bertz CT molecular complexity index is 146. The summed E-state index contributed by atoms with van der Waals surface area (Å²) in [4.78, 5) is 0. The summed E-state index contributed by atoms with van der Waals surface area (Å²) in [6, 6.07) is 0.500. The van der Waals surface area contributed by atoms with Gasteiger partial charge in [0.25, 0.3) is 0 Å². The zero-order valence-corrected chi connectivity index (χ0v) is 11.1. The van der Waals surface area contributed by atoms with E-state index in [4.69, 9.17) is 9.47 Å². The molecule has 3 heteroatoms. The molecule has 1 atom stereocenters. The maximum absolute atomic E-state index is 5.67. The van der Waals surface area contributed by atoms with Crippen LogP contribution in [-0.4, -0.2) is 39.0 Å². The van der Waals surface area contributed by atoms with Gasteiger partial charge >= 0.3 is 0 Å². The number of ether oxygens (including phenoxy) is 2. The van der Waals surface area contributed by atoms with Crippen LogP contribution in [0.2, 0.25) is 0 Å². The van der Waals surface area contributed by atoms with E-state index < -0.39 is 0 Å². The van der Waals surface area contributed by atoms with Crippen LogP contribution < -0.4 is 5.32 Å². The molecule has 0 aliphatic carbocycles. The highest BCUT2D eigenvalue weighted by Crippen LogP contribution is 2.17. The van der Waals surface area contributed by atoms with Crippen molar-refractivity contribution in [1.29, 1.82) is 0 Å². The molecule has 0 fully saturated rings. The fraction of sp³-hybridized carbons (Fsp3) is 1.00. The second-order valence-electron chi connectivity index (χ2n) is 5.14. The molecule has 15 heavy (non-hydrogen) atoms. The van der Waals surface area contributed by atoms with Crippen molar-refractivity contribution >= 4 is 0 Å². The molecule has 0 spiro atoms. The van der Waals surface area contributed by atoms with Gasteiger partial charge in [0, 0.05) is 25.1 Å². The van der Waals surface area contributed by atoms with E-state index in [0.717, 1.165) is 19.8 Å². The number of hydrogen-bond acceptors (Lipinski definition) is 3. The summed E-state index contributed by atoms with van der Waals surface area (Å²) in [5.41, 5.74) is 0.0588. The van der Waals surface area contributed by atoms with Crippen molar-refractivity contribution in [2.75, 3.05) is 26.9 Å². The van der Waals surface area contributed by atoms with Gasteiger partial charge in [-0.1, -0.05) is 20.8 Å². The number of rotatable bonds is 8. The molecule has 0 aliphatic rings. The first-order valence-corrected chi connectivity index (χ1v) is 5.73. The van der Waals surface area contributed by atoms with Crippen LogP contribution in [0.5, 0.6) is 0 Å². The van der Waals surface area contributed by atoms with Crippen molar-refractivity contribution in [1.82, 2.24) is 5.32 Å². The summed E-state index contributed by atoms with van der Waals surface area (Å²) in [5.74, 6) is 0. The largest absolute Gasteiger partial charge is 0.384 e. The van der Waals surface area contributed by atoms with Gasteiger partial charge in [0.05, 0.1) is 19.3 Å². The third-order valence-electron chi connectivity index (χ3n) is 2.20. The lowest BCUT2D eigenvalue weighted by molar-refractivity contribution is -0.0217. The zero-order chi connectivity index (χ0) is 11.9. The first-order valence-electron chi connectivity index (χ1n) is 5.73. The second kappa shape index (κ2) is 7.20. The van der Waals surface area contributed by atoms with Gasteiger partial charge in [0.1, 0.15) is 0 Å². The van der Waals surface area contributed by atoms with Crippen LogP contribution in [0, 0.1) is 5.41 Å². The van der Waals surface area contributed by atoms with Crippen LogP contribution in [0.3, 0.4) is 0 Å². The Hall–Kier alpha value is -0.120. The summed E-state index contributed by atoms with van der Waals surface area (Å²) < 4.78 is 10.9. The molecule has 3 nitrogen and oxygen atoms in total. The molecule has 0 aromatic heterocycles. The summed E-state index contributed by atoms with van der Waals surface area (Å²) in [6.07, 6.45) is 0.278. The number of hydrogen-bond donors (Lipinski definition) is 1. The Morgan fingerprint density at radius 3 is 2.13 bits per heavy atom. The standard InChI is InChI=1S/C12H27NO2/c1-10(2)13-7-12(5,8-14-6)9-15-11(3)4/h10-11,13H,7-9H2,1-6H3. The molecule has 1 N–H and O–H groups in total. The normalized spacial score (nSPS) is 16.0. The average Bonchev–Trinajstić information content (AvgIpc) is 2.13. The maximum atomic E-state index is 5.67. The van der Waals surface area contributed by atoms with Gasteiger partial charge in [0.2, 0.25) is 0 Å². The molecule has 0 rings (SSSR count). The molecule has 0 saturated carbocycles. The highest BCUT2D eigenvalue weighted by molar-refractivity contribution is 4.77. The van der Waals surface area contributed by atoms with E-state index in [9.17, 15) is 0 Å². The summed E-state index contributed by atoms with van der Waals surface area (Å²) in [6.45, 7) is 13.0. The summed E-state index contributed by atoms with van der Waals surface area (Å²) in [5, 5.41) is 3.43. The first kappa shape index (κ1) is 14.9. The Morgan fingerprint density at radius 1 is 1.13 bits per heavy atom. The monoisotopic (exact) mass is 217 g/mol. The molecule has 0 aromatic rings. The molecular weight excluding hydrogens is 190 g/mol. The SMILES string of the molecule is COCC(C)(CNC(C)C)COC(C)C. The van der Waals surface area contributed by atoms with Crippen LogP contribution >= 0.6 is 0 Å². The lowest BCUT2D eigenvalue weighted by Crippen LogP contribution is -2.42. The van der Waals surface area contributed by atoms with Gasteiger partial charge in [-0.3, -0.25) is 0 Å². The Kier molecular flexibility index (Phi) is 7.14. The van der Waals surface area contributed by atoms with E-state index in [1.807, 2.05) is 0 Å². The minimum atomic E-state index is 0.0588. The topological polar surface area (TPSA) is 30.5 Å². The molecule has 0 bridgehead atoms. The maximum Gasteiger partial charge on any atom is 0.0557 e. The molecule has 0 heterocycles. The van der Waals surface area contributed by atoms with Gasteiger partial charge in [-0.25, -0.2) is 0 Å². The predicted molar refractivity (Wildman–Crippen MR) is 64.2 cm³/mol. The summed E-state index contributed by atoms with van der Waals surface area (Å²) in [7, 11) is 1.74. The van der Waals surface area contributed by atoms with Gasteiger partial charge < -0.3 is 14.8 Å². The predicted octanol–water partition coefficient (Wildman–Crippen LogP) is 2.06. The average molecular weight is 217 g/mol. The van der Waals surface area contributed by atoms with Gasteiger partial charge in [-0.15, -0.1) is 0 Å². The van der Waals surface area contributed by atoms with E-state index in [0.29, 0.717) is 6.04 Å². The van der Waals surface area contributed by atoms with Gasteiger partial charge in [-0.2, -0.15) is 0 Å². The third kappa shape index (κ3) is 7.77. The molecule has 0 aliphatic heterocycles. The molecule has 0 saturated heterocycles. The van der Waals surface area contributed by atoms with E-state index in [-0.39, 0.29) is 11.5 Å². The van der Waals surface area contributed by atoms with Crippen molar-refractivity contribution < 1.29 is 9.47 Å². The molecule has 0 aromatic carbocycles. The molecular formula is C12H27NO2.